The third-order valence-electron chi connectivity index (χ3n) is 3.26. The number of hydrogen-bond acceptors (Lipinski definition) is 4. The quantitative estimate of drug-likeness (QED) is 0.780. The molecule has 0 aliphatic heterocycles. The van der Waals surface area contributed by atoms with Crippen molar-refractivity contribution in [3.8, 4) is 0 Å². The third-order valence-corrected chi connectivity index (χ3v) is 3.26. The number of carbonyl (C=O) groups excluding carboxylic acids is 1. The number of rotatable bonds is 6. The standard InChI is InChI=1S/C14H22N6O/c1-4-19-9-12(15)13(18-19)14(21)16-6-5-7-20-11(3)8-10(2)17-20/h8-9H,4-7,15H2,1-3H3,(H,16,21). The summed E-state index contributed by atoms with van der Waals surface area (Å²) in [5.41, 5.74) is 8.62. The average molecular weight is 290 g/mol. The average Bonchev–Trinajstić information content (AvgIpc) is 2.97. The predicted molar refractivity (Wildman–Crippen MR) is 81.0 cm³/mol. The maximum absolute atomic E-state index is 12.0. The van der Waals surface area contributed by atoms with Crippen molar-refractivity contribution in [2.75, 3.05) is 12.3 Å². The second-order valence-electron chi connectivity index (χ2n) is 5.05. The van der Waals surface area contributed by atoms with Gasteiger partial charge in [-0.15, -0.1) is 0 Å². The summed E-state index contributed by atoms with van der Waals surface area (Å²) in [5.74, 6) is -0.229. The summed E-state index contributed by atoms with van der Waals surface area (Å²) in [6.07, 6.45) is 2.48. The second-order valence-corrected chi connectivity index (χ2v) is 5.05. The third kappa shape index (κ3) is 3.62. The van der Waals surface area contributed by atoms with Crippen LogP contribution < -0.4 is 11.1 Å². The van der Waals surface area contributed by atoms with Crippen LogP contribution in [0.25, 0.3) is 0 Å². The van der Waals surface area contributed by atoms with E-state index in [4.69, 9.17) is 5.73 Å². The minimum Gasteiger partial charge on any atom is -0.396 e. The van der Waals surface area contributed by atoms with Crippen LogP contribution in [0.15, 0.2) is 12.3 Å². The zero-order valence-electron chi connectivity index (χ0n) is 12.8. The van der Waals surface area contributed by atoms with Crippen LogP contribution >= 0.6 is 0 Å². The number of anilines is 1. The zero-order chi connectivity index (χ0) is 15.4. The van der Waals surface area contributed by atoms with Gasteiger partial charge in [0.2, 0.25) is 0 Å². The van der Waals surface area contributed by atoms with Gasteiger partial charge in [-0.1, -0.05) is 0 Å². The first kappa shape index (κ1) is 15.1. The maximum Gasteiger partial charge on any atom is 0.273 e. The van der Waals surface area contributed by atoms with Crippen LogP contribution in [0.2, 0.25) is 0 Å². The number of nitrogens with two attached hydrogens (primary N) is 1. The minimum absolute atomic E-state index is 0.229. The van der Waals surface area contributed by atoms with Gasteiger partial charge in [0, 0.05) is 31.5 Å². The molecular formula is C14H22N6O. The molecule has 114 valence electrons. The van der Waals surface area contributed by atoms with Gasteiger partial charge in [-0.05, 0) is 33.3 Å². The Morgan fingerprint density at radius 2 is 2.14 bits per heavy atom. The minimum atomic E-state index is -0.229. The van der Waals surface area contributed by atoms with Crippen LogP contribution in [0.3, 0.4) is 0 Å². The van der Waals surface area contributed by atoms with Crippen molar-refractivity contribution < 1.29 is 4.79 Å². The summed E-state index contributed by atoms with van der Waals surface area (Å²) in [4.78, 5) is 12.0. The number of nitrogen functional groups attached to an aromatic ring is 1. The molecule has 1 amide bonds. The number of aryl methyl sites for hydroxylation is 4. The van der Waals surface area contributed by atoms with E-state index in [2.05, 4.69) is 15.5 Å². The van der Waals surface area contributed by atoms with Gasteiger partial charge in [-0.3, -0.25) is 14.2 Å². The van der Waals surface area contributed by atoms with Crippen molar-refractivity contribution in [1.29, 1.82) is 0 Å². The van der Waals surface area contributed by atoms with Crippen LogP contribution in [0.4, 0.5) is 5.69 Å². The first-order valence-electron chi connectivity index (χ1n) is 7.13. The van der Waals surface area contributed by atoms with Crippen molar-refractivity contribution in [3.05, 3.63) is 29.3 Å². The lowest BCUT2D eigenvalue weighted by atomic mass is 10.3. The van der Waals surface area contributed by atoms with E-state index in [1.807, 2.05) is 31.5 Å². The molecule has 0 radical (unpaired) electrons. The molecule has 0 aromatic carbocycles. The summed E-state index contributed by atoms with van der Waals surface area (Å²) in [5, 5.41) is 11.4. The van der Waals surface area contributed by atoms with Crippen LogP contribution in [0.1, 0.15) is 35.2 Å². The molecule has 7 nitrogen and oxygen atoms in total. The summed E-state index contributed by atoms with van der Waals surface area (Å²) < 4.78 is 3.60. The fourth-order valence-electron chi connectivity index (χ4n) is 2.19. The zero-order valence-corrected chi connectivity index (χ0v) is 12.8. The topological polar surface area (TPSA) is 90.8 Å². The van der Waals surface area contributed by atoms with Crippen molar-refractivity contribution >= 4 is 11.6 Å². The van der Waals surface area contributed by atoms with Crippen LogP contribution in [-0.4, -0.2) is 32.0 Å². The van der Waals surface area contributed by atoms with Gasteiger partial charge in [0.15, 0.2) is 5.69 Å². The number of nitrogens with one attached hydrogen (secondary N) is 1. The molecule has 0 bridgehead atoms. The molecule has 0 aliphatic carbocycles. The second kappa shape index (κ2) is 6.43. The lowest BCUT2D eigenvalue weighted by Crippen LogP contribution is -2.26. The normalized spacial score (nSPS) is 10.8. The van der Waals surface area contributed by atoms with Crippen molar-refractivity contribution in [2.24, 2.45) is 0 Å². The van der Waals surface area contributed by atoms with Crippen molar-refractivity contribution in [3.63, 3.8) is 0 Å². The predicted octanol–water partition coefficient (Wildman–Crippen LogP) is 1.12. The molecule has 2 heterocycles. The molecule has 3 N–H and O–H groups in total. The number of amides is 1. The number of nitrogens with zero attached hydrogens (tertiary/aromatic N) is 4. The van der Waals surface area contributed by atoms with E-state index in [1.165, 1.54) is 0 Å². The highest BCUT2D eigenvalue weighted by Gasteiger charge is 2.13. The van der Waals surface area contributed by atoms with Gasteiger partial charge in [-0.25, -0.2) is 0 Å². The highest BCUT2D eigenvalue weighted by atomic mass is 16.1. The van der Waals surface area contributed by atoms with E-state index in [0.717, 1.165) is 24.4 Å². The Labute approximate surface area is 124 Å². The van der Waals surface area contributed by atoms with E-state index in [9.17, 15) is 4.79 Å². The van der Waals surface area contributed by atoms with Crippen molar-refractivity contribution in [1.82, 2.24) is 24.9 Å². The Bertz CT molecular complexity index is 627. The summed E-state index contributed by atoms with van der Waals surface area (Å²) in [7, 11) is 0. The Hall–Kier alpha value is -2.31. The molecule has 21 heavy (non-hydrogen) atoms. The Morgan fingerprint density at radius 1 is 1.38 bits per heavy atom. The molecule has 2 aromatic heterocycles. The van der Waals surface area contributed by atoms with Gasteiger partial charge < -0.3 is 11.1 Å². The highest BCUT2D eigenvalue weighted by molar-refractivity contribution is 5.96. The molecule has 0 unspecified atom stereocenters. The van der Waals surface area contributed by atoms with Gasteiger partial charge in [0.25, 0.3) is 5.91 Å². The Balaban J connectivity index is 1.81. The molecule has 2 rings (SSSR count). The number of aromatic nitrogens is 4. The first-order valence-corrected chi connectivity index (χ1v) is 7.13. The molecule has 0 spiro atoms. The van der Waals surface area contributed by atoms with Gasteiger partial charge >= 0.3 is 0 Å². The molecule has 0 atom stereocenters. The van der Waals surface area contributed by atoms with E-state index in [-0.39, 0.29) is 5.91 Å². The Kier molecular flexibility index (Phi) is 4.62. The largest absolute Gasteiger partial charge is 0.396 e. The monoisotopic (exact) mass is 290 g/mol. The molecular weight excluding hydrogens is 268 g/mol. The van der Waals surface area contributed by atoms with Crippen LogP contribution in [-0.2, 0) is 13.1 Å². The smallest absolute Gasteiger partial charge is 0.273 e. The molecule has 0 saturated carbocycles. The summed E-state index contributed by atoms with van der Waals surface area (Å²) in [6.45, 7) is 7.97. The Morgan fingerprint density at radius 3 is 2.71 bits per heavy atom. The van der Waals surface area contributed by atoms with E-state index >= 15 is 0 Å². The maximum atomic E-state index is 12.0. The molecule has 0 fully saturated rings. The van der Waals surface area contributed by atoms with Gasteiger partial charge in [0.05, 0.1) is 11.4 Å². The van der Waals surface area contributed by atoms with Gasteiger partial charge in [-0.2, -0.15) is 10.2 Å². The SMILES string of the molecule is CCn1cc(N)c(C(=O)NCCCn2nc(C)cc2C)n1. The number of carbonyl (C=O) groups is 1. The highest BCUT2D eigenvalue weighted by Crippen LogP contribution is 2.08. The lowest BCUT2D eigenvalue weighted by Gasteiger charge is -2.06. The van der Waals surface area contributed by atoms with E-state index < -0.39 is 0 Å². The van der Waals surface area contributed by atoms with Crippen LogP contribution in [0, 0.1) is 13.8 Å². The van der Waals surface area contributed by atoms with E-state index in [1.54, 1.807) is 10.9 Å². The fraction of sp³-hybridized carbons (Fsp3) is 0.500. The number of hydrogen-bond donors (Lipinski definition) is 2. The lowest BCUT2D eigenvalue weighted by molar-refractivity contribution is 0.0947. The van der Waals surface area contributed by atoms with Crippen molar-refractivity contribution in [2.45, 2.75) is 40.3 Å². The molecule has 0 aliphatic rings. The first-order chi connectivity index (χ1) is 10.0. The van der Waals surface area contributed by atoms with Crippen LogP contribution in [0.5, 0.6) is 0 Å². The molecule has 2 aromatic rings. The fourth-order valence-corrected chi connectivity index (χ4v) is 2.19. The molecule has 0 saturated heterocycles. The van der Waals surface area contributed by atoms with E-state index in [0.29, 0.717) is 24.5 Å². The molecule has 7 heteroatoms. The summed E-state index contributed by atoms with van der Waals surface area (Å²) >= 11 is 0. The van der Waals surface area contributed by atoms with Gasteiger partial charge in [0.1, 0.15) is 0 Å². The summed E-state index contributed by atoms with van der Waals surface area (Å²) in [6, 6.07) is 2.04.